The molecule has 0 amide bonds. The minimum Gasteiger partial charge on any atom is -0.494 e. The molecule has 0 unspecified atom stereocenters. The molecule has 0 bridgehead atoms. The summed E-state index contributed by atoms with van der Waals surface area (Å²) in [6.45, 7) is 3.53. The van der Waals surface area contributed by atoms with E-state index < -0.39 is 10.0 Å². The normalized spacial score (nSPS) is 11.7. The van der Waals surface area contributed by atoms with Crippen molar-refractivity contribution < 1.29 is 17.9 Å². The molecule has 2 aromatic rings. The van der Waals surface area contributed by atoms with Crippen molar-refractivity contribution in [3.05, 3.63) is 48.5 Å². The van der Waals surface area contributed by atoms with Gasteiger partial charge in [-0.3, -0.25) is 0 Å². The fourth-order valence-electron chi connectivity index (χ4n) is 3.17. The molecule has 0 radical (unpaired) electrons. The zero-order valence-electron chi connectivity index (χ0n) is 18.3. The number of benzene rings is 2. The van der Waals surface area contributed by atoms with Crippen LogP contribution < -0.4 is 9.46 Å². The number of nitrogens with one attached hydrogen (secondary N) is 1. The number of rotatable bonds is 14. The van der Waals surface area contributed by atoms with E-state index >= 15 is 0 Å². The summed E-state index contributed by atoms with van der Waals surface area (Å²) in [5, 5.41) is 0. The van der Waals surface area contributed by atoms with Gasteiger partial charge in [0, 0.05) is 19.2 Å². The topological polar surface area (TPSA) is 67.9 Å². The average molecular weight is 435 g/mol. The number of unbranched alkanes of at least 4 members (excludes halogenated alkanes) is 3. The highest BCUT2D eigenvalue weighted by molar-refractivity contribution is 7.89. The van der Waals surface area contributed by atoms with Gasteiger partial charge in [-0.2, -0.15) is 0 Å². The Balaban J connectivity index is 1.77. The minimum atomic E-state index is -3.51. The monoisotopic (exact) mass is 434 g/mol. The lowest BCUT2D eigenvalue weighted by Gasteiger charge is -2.15. The lowest BCUT2D eigenvalue weighted by atomic mass is 10.1. The summed E-state index contributed by atoms with van der Waals surface area (Å²) in [7, 11) is 1.76. The number of hydrogen-bond acceptors (Lipinski definition) is 5. The zero-order chi connectivity index (χ0) is 21.8. The van der Waals surface area contributed by atoms with Crippen LogP contribution >= 0.6 is 0 Å². The maximum absolute atomic E-state index is 12.3. The molecule has 0 aliphatic heterocycles. The Labute approximate surface area is 181 Å². The molecule has 1 N–H and O–H groups in total. The van der Waals surface area contributed by atoms with Crippen LogP contribution in [0.3, 0.4) is 0 Å². The Morgan fingerprint density at radius 1 is 0.900 bits per heavy atom. The summed E-state index contributed by atoms with van der Waals surface area (Å²) >= 11 is 0. The van der Waals surface area contributed by atoms with Crippen molar-refractivity contribution in [2.75, 3.05) is 47.5 Å². The first-order valence-electron chi connectivity index (χ1n) is 10.4. The van der Waals surface area contributed by atoms with Crippen molar-refractivity contribution in [3.8, 4) is 16.9 Å². The molecule has 2 aromatic carbocycles. The highest BCUT2D eigenvalue weighted by Crippen LogP contribution is 2.28. The van der Waals surface area contributed by atoms with Crippen LogP contribution in [0.5, 0.6) is 5.75 Å². The van der Waals surface area contributed by atoms with Gasteiger partial charge in [0.25, 0.3) is 0 Å². The third-order valence-electron chi connectivity index (χ3n) is 4.99. The maximum atomic E-state index is 12.3. The SMILES string of the molecule is CNS(=O)(=O)c1ccccc1-c1ccc(OCCCCCCN(C)CCOC)cc1. The predicted molar refractivity (Wildman–Crippen MR) is 121 cm³/mol. The van der Waals surface area contributed by atoms with Gasteiger partial charge in [0.15, 0.2) is 0 Å². The second kappa shape index (κ2) is 12.7. The zero-order valence-corrected chi connectivity index (χ0v) is 19.1. The summed E-state index contributed by atoms with van der Waals surface area (Å²) < 4.78 is 37.8. The third-order valence-corrected chi connectivity index (χ3v) is 6.46. The Hall–Kier alpha value is -1.93. The first-order chi connectivity index (χ1) is 14.5. The second-order valence-electron chi connectivity index (χ2n) is 7.29. The Bertz CT molecular complexity index is 854. The highest BCUT2D eigenvalue weighted by Gasteiger charge is 2.16. The molecular weight excluding hydrogens is 400 g/mol. The standard InChI is InChI=1S/C23H34N2O4S/c1-24-30(26,27)23-11-7-6-10-22(23)20-12-14-21(15-13-20)29-18-9-5-4-8-16-25(2)17-19-28-3/h6-7,10-15,24H,4-5,8-9,16-19H2,1-3H3. The molecule has 0 aromatic heterocycles. The van der Waals surface area contributed by atoms with Crippen molar-refractivity contribution in [3.63, 3.8) is 0 Å². The van der Waals surface area contributed by atoms with Gasteiger partial charge in [0.05, 0.1) is 18.1 Å². The van der Waals surface area contributed by atoms with E-state index in [1.54, 1.807) is 19.2 Å². The van der Waals surface area contributed by atoms with Crippen LogP contribution in [0, 0.1) is 0 Å². The maximum Gasteiger partial charge on any atom is 0.240 e. The summed E-state index contributed by atoms with van der Waals surface area (Å²) in [6.07, 6.45) is 4.54. The van der Waals surface area contributed by atoms with Crippen LogP contribution in [-0.2, 0) is 14.8 Å². The van der Waals surface area contributed by atoms with E-state index in [0.29, 0.717) is 12.2 Å². The molecule has 7 heteroatoms. The lowest BCUT2D eigenvalue weighted by molar-refractivity contribution is 0.160. The molecular formula is C23H34N2O4S. The van der Waals surface area contributed by atoms with E-state index in [1.165, 1.54) is 19.9 Å². The molecule has 30 heavy (non-hydrogen) atoms. The Kier molecular flexibility index (Phi) is 10.3. The minimum absolute atomic E-state index is 0.272. The molecule has 166 valence electrons. The number of likely N-dealkylation sites (N-methyl/N-ethyl adjacent to an activating group) is 1. The number of sulfonamides is 1. The molecule has 6 nitrogen and oxygen atoms in total. The van der Waals surface area contributed by atoms with E-state index in [4.69, 9.17) is 9.47 Å². The third kappa shape index (κ3) is 7.72. The summed E-state index contributed by atoms with van der Waals surface area (Å²) in [6, 6.07) is 14.6. The molecule has 0 spiro atoms. The van der Waals surface area contributed by atoms with Crippen molar-refractivity contribution in [1.82, 2.24) is 9.62 Å². The molecule has 0 atom stereocenters. The van der Waals surface area contributed by atoms with Crippen LogP contribution in [-0.4, -0.2) is 60.8 Å². The number of hydrogen-bond donors (Lipinski definition) is 1. The molecule has 2 rings (SSSR count). The molecule has 0 aliphatic carbocycles. The van der Waals surface area contributed by atoms with Gasteiger partial charge in [0.1, 0.15) is 5.75 Å². The fourth-order valence-corrected chi connectivity index (χ4v) is 4.12. The number of nitrogens with zero attached hydrogens (tertiary/aromatic N) is 1. The van der Waals surface area contributed by atoms with Gasteiger partial charge >= 0.3 is 0 Å². The Morgan fingerprint density at radius 3 is 2.30 bits per heavy atom. The van der Waals surface area contributed by atoms with Gasteiger partial charge < -0.3 is 14.4 Å². The average Bonchev–Trinajstić information content (AvgIpc) is 2.77. The van der Waals surface area contributed by atoms with E-state index in [2.05, 4.69) is 16.7 Å². The van der Waals surface area contributed by atoms with E-state index in [0.717, 1.165) is 43.9 Å². The van der Waals surface area contributed by atoms with Crippen molar-refractivity contribution in [1.29, 1.82) is 0 Å². The number of methoxy groups -OCH3 is 1. The molecule has 0 fully saturated rings. The summed E-state index contributed by atoms with van der Waals surface area (Å²) in [5.41, 5.74) is 1.52. The van der Waals surface area contributed by atoms with Crippen molar-refractivity contribution in [2.24, 2.45) is 0 Å². The first kappa shape index (κ1) is 24.3. The summed E-state index contributed by atoms with van der Waals surface area (Å²) in [4.78, 5) is 2.57. The quantitative estimate of drug-likeness (QED) is 0.458. The van der Waals surface area contributed by atoms with Gasteiger partial charge in [-0.25, -0.2) is 13.1 Å². The van der Waals surface area contributed by atoms with E-state index in [1.807, 2.05) is 36.4 Å². The van der Waals surface area contributed by atoms with Gasteiger partial charge in [-0.15, -0.1) is 0 Å². The molecule has 0 saturated carbocycles. The van der Waals surface area contributed by atoms with Crippen molar-refractivity contribution in [2.45, 2.75) is 30.6 Å². The fraction of sp³-hybridized carbons (Fsp3) is 0.478. The number of ether oxygens (including phenoxy) is 2. The van der Waals surface area contributed by atoms with Crippen LogP contribution in [0.4, 0.5) is 0 Å². The van der Waals surface area contributed by atoms with Crippen LogP contribution in [0.25, 0.3) is 11.1 Å². The van der Waals surface area contributed by atoms with Gasteiger partial charge in [-0.1, -0.05) is 43.2 Å². The lowest BCUT2D eigenvalue weighted by Crippen LogP contribution is -2.23. The summed E-state index contributed by atoms with van der Waals surface area (Å²) in [5.74, 6) is 0.798. The van der Waals surface area contributed by atoms with Gasteiger partial charge in [-0.05, 0) is 57.2 Å². The molecule has 0 saturated heterocycles. The van der Waals surface area contributed by atoms with Gasteiger partial charge in [0.2, 0.25) is 10.0 Å². The van der Waals surface area contributed by atoms with Crippen LogP contribution in [0.1, 0.15) is 25.7 Å². The van der Waals surface area contributed by atoms with Crippen LogP contribution in [0.2, 0.25) is 0 Å². The Morgan fingerprint density at radius 2 is 1.60 bits per heavy atom. The van der Waals surface area contributed by atoms with Crippen molar-refractivity contribution >= 4 is 10.0 Å². The molecule has 0 heterocycles. The first-order valence-corrected chi connectivity index (χ1v) is 11.9. The molecule has 0 aliphatic rings. The van der Waals surface area contributed by atoms with E-state index in [9.17, 15) is 8.42 Å². The van der Waals surface area contributed by atoms with E-state index in [-0.39, 0.29) is 4.90 Å². The highest BCUT2D eigenvalue weighted by atomic mass is 32.2. The van der Waals surface area contributed by atoms with Crippen LogP contribution in [0.15, 0.2) is 53.4 Å². The largest absolute Gasteiger partial charge is 0.494 e. The smallest absolute Gasteiger partial charge is 0.240 e. The predicted octanol–water partition coefficient (Wildman–Crippen LogP) is 3.78. The second-order valence-corrected chi connectivity index (χ2v) is 9.14.